The molecule has 1 aromatic carbocycles. The lowest BCUT2D eigenvalue weighted by molar-refractivity contribution is 0.104. The van der Waals surface area contributed by atoms with Crippen LogP contribution in [-0.4, -0.2) is 32.5 Å². The maximum atomic E-state index is 12.8. The Bertz CT molecular complexity index is 1180. The minimum atomic E-state index is -0.264. The van der Waals surface area contributed by atoms with Crippen molar-refractivity contribution >= 4 is 34.5 Å². The number of hydrogen-bond donors (Lipinski definition) is 2. The minimum Gasteiger partial charge on any atom is -0.336 e. The molecule has 2 N–H and O–H groups in total. The van der Waals surface area contributed by atoms with Crippen LogP contribution in [-0.2, 0) is 0 Å². The number of ketones is 1. The van der Waals surface area contributed by atoms with Gasteiger partial charge in [-0.1, -0.05) is 18.2 Å². The van der Waals surface area contributed by atoms with E-state index in [4.69, 9.17) is 0 Å². The van der Waals surface area contributed by atoms with E-state index in [0.717, 1.165) is 11.3 Å². The number of fused-ring (bicyclic) bond motifs is 1. The zero-order chi connectivity index (χ0) is 20.4. The molecule has 0 bridgehead atoms. The number of carbonyl (C=O) groups is 2. The highest BCUT2D eigenvalue weighted by atomic mass is 32.1. The summed E-state index contributed by atoms with van der Waals surface area (Å²) in [5.41, 5.74) is 3.23. The van der Waals surface area contributed by atoms with Crippen LogP contribution in [0.25, 0.3) is 16.9 Å². The Morgan fingerprint density at radius 2 is 2.00 bits per heavy atom. The first-order valence-electron chi connectivity index (χ1n) is 9.12. The first kappa shape index (κ1) is 18.8. The van der Waals surface area contributed by atoms with Crippen molar-refractivity contribution in [3.8, 4) is 11.3 Å². The highest BCUT2D eigenvalue weighted by Gasteiger charge is 2.18. The van der Waals surface area contributed by atoms with Gasteiger partial charge in [0.15, 0.2) is 5.65 Å². The molecule has 4 rings (SSSR count). The smallest absolute Gasteiger partial charge is 0.319 e. The molecule has 4 aromatic rings. The van der Waals surface area contributed by atoms with E-state index in [-0.39, 0.29) is 17.9 Å². The molecule has 3 heterocycles. The van der Waals surface area contributed by atoms with Crippen molar-refractivity contribution in [2.45, 2.75) is 19.9 Å². The van der Waals surface area contributed by atoms with Crippen LogP contribution in [0.5, 0.6) is 0 Å². The van der Waals surface area contributed by atoms with E-state index in [9.17, 15) is 9.59 Å². The number of nitrogens with zero attached hydrogens (tertiary/aromatic N) is 3. The number of carbonyl (C=O) groups excluding carboxylic acids is 2. The van der Waals surface area contributed by atoms with Crippen LogP contribution in [0, 0.1) is 0 Å². The lowest BCUT2D eigenvalue weighted by atomic mass is 10.1. The summed E-state index contributed by atoms with van der Waals surface area (Å²) in [7, 11) is 0. The quantitative estimate of drug-likeness (QED) is 0.487. The third-order valence-electron chi connectivity index (χ3n) is 4.23. The first-order valence-corrected chi connectivity index (χ1v) is 10.00. The van der Waals surface area contributed by atoms with Crippen LogP contribution in [0.15, 0.2) is 60.2 Å². The third kappa shape index (κ3) is 3.88. The summed E-state index contributed by atoms with van der Waals surface area (Å²) >= 11 is 1.39. The third-order valence-corrected chi connectivity index (χ3v) is 5.10. The standard InChI is InChI=1S/C21H19N5O2S/c1-13(2)24-21(28)25-15-6-3-5-14(11-15)17-8-9-22-20-16(12-23-26(17)20)19(27)18-7-4-10-29-18/h3-13H,1-2H3,(H2,24,25,28). The Morgan fingerprint density at radius 3 is 2.76 bits per heavy atom. The van der Waals surface area contributed by atoms with Crippen molar-refractivity contribution in [2.75, 3.05) is 5.32 Å². The molecule has 3 aromatic heterocycles. The lowest BCUT2D eigenvalue weighted by Crippen LogP contribution is -2.34. The summed E-state index contributed by atoms with van der Waals surface area (Å²) < 4.78 is 1.65. The number of aromatic nitrogens is 3. The molecule has 0 aliphatic rings. The molecule has 0 saturated heterocycles. The van der Waals surface area contributed by atoms with Gasteiger partial charge in [0, 0.05) is 23.5 Å². The van der Waals surface area contributed by atoms with E-state index in [1.165, 1.54) is 11.3 Å². The van der Waals surface area contributed by atoms with Crippen molar-refractivity contribution in [2.24, 2.45) is 0 Å². The average Bonchev–Trinajstić information content (AvgIpc) is 3.37. The van der Waals surface area contributed by atoms with Crippen LogP contribution in [0.4, 0.5) is 10.5 Å². The molecule has 8 heteroatoms. The zero-order valence-corrected chi connectivity index (χ0v) is 16.7. The Balaban J connectivity index is 1.69. The summed E-state index contributed by atoms with van der Waals surface area (Å²) in [4.78, 5) is 29.8. The van der Waals surface area contributed by atoms with E-state index < -0.39 is 0 Å². The molecule has 146 valence electrons. The number of nitrogens with one attached hydrogen (secondary N) is 2. The second-order valence-electron chi connectivity index (χ2n) is 6.76. The summed E-state index contributed by atoms with van der Waals surface area (Å²) in [5.74, 6) is -0.0968. The van der Waals surface area contributed by atoms with Crippen molar-refractivity contribution in [1.29, 1.82) is 0 Å². The summed E-state index contributed by atoms with van der Waals surface area (Å²) in [6.45, 7) is 3.80. The monoisotopic (exact) mass is 405 g/mol. The van der Waals surface area contributed by atoms with Crippen LogP contribution in [0.3, 0.4) is 0 Å². The highest BCUT2D eigenvalue weighted by Crippen LogP contribution is 2.25. The van der Waals surface area contributed by atoms with Crippen LogP contribution in [0.1, 0.15) is 29.1 Å². The number of anilines is 1. The highest BCUT2D eigenvalue weighted by molar-refractivity contribution is 7.12. The van der Waals surface area contributed by atoms with Crippen molar-refractivity contribution < 1.29 is 9.59 Å². The van der Waals surface area contributed by atoms with Crippen molar-refractivity contribution in [1.82, 2.24) is 19.9 Å². The van der Waals surface area contributed by atoms with Gasteiger partial charge in [-0.2, -0.15) is 5.10 Å². The largest absolute Gasteiger partial charge is 0.336 e. The molecule has 0 aliphatic carbocycles. The fraction of sp³-hybridized carbons (Fsp3) is 0.143. The van der Waals surface area contributed by atoms with Crippen LogP contribution in [0.2, 0.25) is 0 Å². The molecule has 0 spiro atoms. The SMILES string of the molecule is CC(C)NC(=O)Nc1cccc(-c2ccnc3c(C(=O)c4cccs4)cnn23)c1. The average molecular weight is 405 g/mol. The predicted molar refractivity (Wildman–Crippen MR) is 113 cm³/mol. The Morgan fingerprint density at radius 1 is 1.14 bits per heavy atom. The van der Waals surface area contributed by atoms with E-state index in [1.807, 2.05) is 55.6 Å². The van der Waals surface area contributed by atoms with E-state index in [2.05, 4.69) is 20.7 Å². The number of benzene rings is 1. The fourth-order valence-corrected chi connectivity index (χ4v) is 3.67. The molecule has 0 unspecified atom stereocenters. The maximum Gasteiger partial charge on any atom is 0.319 e. The van der Waals surface area contributed by atoms with Gasteiger partial charge in [0.2, 0.25) is 5.78 Å². The Labute approximate surface area is 171 Å². The Hall–Kier alpha value is -3.52. The number of amides is 2. The predicted octanol–water partition coefficient (Wildman–Crippen LogP) is 4.22. The van der Waals surface area contributed by atoms with Gasteiger partial charge in [-0.25, -0.2) is 14.3 Å². The summed E-state index contributed by atoms with van der Waals surface area (Å²) in [5, 5.41) is 11.9. The molecule has 0 fully saturated rings. The number of urea groups is 1. The van der Waals surface area contributed by atoms with Gasteiger partial charge in [0.25, 0.3) is 0 Å². The second kappa shape index (κ2) is 7.84. The number of thiophene rings is 1. The first-order chi connectivity index (χ1) is 14.0. The zero-order valence-electron chi connectivity index (χ0n) is 15.9. The van der Waals surface area contributed by atoms with Gasteiger partial charge in [0.05, 0.1) is 22.3 Å². The molecule has 0 saturated carbocycles. The topological polar surface area (TPSA) is 88.4 Å². The lowest BCUT2D eigenvalue weighted by Gasteiger charge is -2.11. The van der Waals surface area contributed by atoms with E-state index >= 15 is 0 Å². The molecule has 0 atom stereocenters. The molecular weight excluding hydrogens is 386 g/mol. The fourth-order valence-electron chi connectivity index (χ4n) is 3.00. The van der Waals surface area contributed by atoms with Crippen LogP contribution >= 0.6 is 11.3 Å². The minimum absolute atomic E-state index is 0.0429. The van der Waals surface area contributed by atoms with Gasteiger partial charge >= 0.3 is 6.03 Å². The van der Waals surface area contributed by atoms with Gasteiger partial charge in [-0.15, -0.1) is 11.3 Å². The normalized spacial score (nSPS) is 11.0. The van der Waals surface area contributed by atoms with Crippen molar-refractivity contribution in [3.05, 3.63) is 70.7 Å². The molecule has 0 aliphatic heterocycles. The van der Waals surface area contributed by atoms with Gasteiger partial charge < -0.3 is 10.6 Å². The molecule has 2 amide bonds. The summed E-state index contributed by atoms with van der Waals surface area (Å²) in [6.07, 6.45) is 3.20. The van der Waals surface area contributed by atoms with Gasteiger partial charge in [0.1, 0.15) is 0 Å². The second-order valence-corrected chi connectivity index (χ2v) is 7.71. The number of rotatable bonds is 5. The van der Waals surface area contributed by atoms with Gasteiger partial charge in [-0.3, -0.25) is 4.79 Å². The molecular formula is C21H19N5O2S. The van der Waals surface area contributed by atoms with E-state index in [1.54, 1.807) is 23.0 Å². The summed E-state index contributed by atoms with van der Waals surface area (Å²) in [6, 6.07) is 12.7. The van der Waals surface area contributed by atoms with Gasteiger partial charge in [-0.05, 0) is 43.5 Å². The Kier molecular flexibility index (Phi) is 5.09. The molecule has 0 radical (unpaired) electrons. The van der Waals surface area contributed by atoms with Crippen molar-refractivity contribution in [3.63, 3.8) is 0 Å². The van der Waals surface area contributed by atoms with Crippen LogP contribution < -0.4 is 10.6 Å². The number of hydrogen-bond acceptors (Lipinski definition) is 5. The maximum absolute atomic E-state index is 12.8. The molecule has 7 nitrogen and oxygen atoms in total. The van der Waals surface area contributed by atoms with E-state index in [0.29, 0.717) is 21.8 Å². The molecule has 29 heavy (non-hydrogen) atoms.